The van der Waals surface area contributed by atoms with E-state index in [0.29, 0.717) is 0 Å². The summed E-state index contributed by atoms with van der Waals surface area (Å²) < 4.78 is 0. The molecule has 0 unspecified atom stereocenters. The predicted octanol–water partition coefficient (Wildman–Crippen LogP) is 2.40. The van der Waals surface area contributed by atoms with Gasteiger partial charge in [0.15, 0.2) is 5.84 Å². The maximum absolute atomic E-state index is 8.80. The van der Waals surface area contributed by atoms with Gasteiger partial charge in [0, 0.05) is 17.6 Å². The Morgan fingerprint density at radius 1 is 1.39 bits per heavy atom. The quantitative estimate of drug-likeness (QED) is 0.364. The van der Waals surface area contributed by atoms with E-state index < -0.39 is 0 Å². The fourth-order valence-corrected chi connectivity index (χ4v) is 1.70. The Morgan fingerprint density at radius 2 is 2.00 bits per heavy atom. The van der Waals surface area contributed by atoms with Gasteiger partial charge in [0.25, 0.3) is 0 Å². The van der Waals surface area contributed by atoms with Crippen molar-refractivity contribution in [2.24, 2.45) is 10.9 Å². The summed E-state index contributed by atoms with van der Waals surface area (Å²) in [4.78, 5) is 2.27. The molecule has 0 bridgehead atoms. The molecule has 100 valence electrons. The smallest absolute Gasteiger partial charge is 0.170 e. The zero-order chi connectivity index (χ0) is 13.8. The maximum atomic E-state index is 8.80. The molecule has 4 heteroatoms. The summed E-state index contributed by atoms with van der Waals surface area (Å²) in [6.45, 7) is 7.36. The predicted molar refractivity (Wildman–Crippen MR) is 74.8 cm³/mol. The summed E-state index contributed by atoms with van der Waals surface area (Å²) in [6, 6.07) is 7.74. The van der Waals surface area contributed by atoms with Gasteiger partial charge in [-0.1, -0.05) is 36.3 Å². The molecule has 4 nitrogen and oxygen atoms in total. The Morgan fingerprint density at radius 3 is 2.56 bits per heavy atom. The van der Waals surface area contributed by atoms with Crippen LogP contribution in [0.2, 0.25) is 0 Å². The maximum Gasteiger partial charge on any atom is 0.170 e. The average Bonchev–Trinajstić information content (AvgIpc) is 2.38. The van der Waals surface area contributed by atoms with Gasteiger partial charge in [-0.25, -0.2) is 0 Å². The molecule has 0 spiro atoms. The second-order valence-corrected chi connectivity index (χ2v) is 5.16. The highest BCUT2D eigenvalue weighted by Crippen LogP contribution is 2.20. The van der Waals surface area contributed by atoms with Crippen LogP contribution in [0, 0.1) is 0 Å². The summed E-state index contributed by atoms with van der Waals surface area (Å²) in [5.74, 6) is 0.160. The Bertz CT molecular complexity index is 427. The van der Waals surface area contributed by atoms with Crippen molar-refractivity contribution in [3.8, 4) is 0 Å². The Balaban J connectivity index is 2.98. The first kappa shape index (κ1) is 14.5. The zero-order valence-electron chi connectivity index (χ0n) is 11.6. The highest BCUT2D eigenvalue weighted by Gasteiger charge is 2.22. The molecule has 0 amide bonds. The third-order valence-electron chi connectivity index (χ3n) is 3.71. The highest BCUT2D eigenvalue weighted by molar-refractivity contribution is 5.98. The van der Waals surface area contributed by atoms with Crippen LogP contribution in [0.1, 0.15) is 38.3 Å². The van der Waals surface area contributed by atoms with Crippen LogP contribution < -0.4 is 5.73 Å². The SMILES string of the molecule is CCC(C)(C)N(C)Cc1ccccc1C(N)=NO. The number of amidine groups is 1. The molecule has 0 saturated carbocycles. The van der Waals surface area contributed by atoms with E-state index in [4.69, 9.17) is 10.9 Å². The van der Waals surface area contributed by atoms with Gasteiger partial charge >= 0.3 is 0 Å². The first-order valence-corrected chi connectivity index (χ1v) is 6.19. The van der Waals surface area contributed by atoms with Gasteiger partial charge < -0.3 is 10.9 Å². The van der Waals surface area contributed by atoms with Crippen LogP contribution in [0.15, 0.2) is 29.4 Å². The minimum atomic E-state index is 0.123. The third-order valence-corrected chi connectivity index (χ3v) is 3.71. The lowest BCUT2D eigenvalue weighted by molar-refractivity contribution is 0.143. The van der Waals surface area contributed by atoms with Gasteiger partial charge in [0.1, 0.15) is 0 Å². The molecule has 0 fully saturated rings. The summed E-state index contributed by atoms with van der Waals surface area (Å²) in [7, 11) is 2.09. The molecular weight excluding hydrogens is 226 g/mol. The van der Waals surface area contributed by atoms with E-state index in [1.807, 2.05) is 24.3 Å². The summed E-state index contributed by atoms with van der Waals surface area (Å²) in [5.41, 5.74) is 7.67. The topological polar surface area (TPSA) is 61.8 Å². The molecule has 0 aliphatic rings. The number of hydrogen-bond donors (Lipinski definition) is 2. The summed E-state index contributed by atoms with van der Waals surface area (Å²) in [6.07, 6.45) is 1.06. The first-order chi connectivity index (χ1) is 8.42. The molecule has 0 aliphatic heterocycles. The second kappa shape index (κ2) is 5.87. The number of benzene rings is 1. The van der Waals surface area contributed by atoms with Crippen molar-refractivity contribution in [3.05, 3.63) is 35.4 Å². The fourth-order valence-electron chi connectivity index (χ4n) is 1.70. The van der Waals surface area contributed by atoms with Crippen molar-refractivity contribution in [1.82, 2.24) is 4.90 Å². The van der Waals surface area contributed by atoms with Crippen LogP contribution >= 0.6 is 0 Å². The molecule has 1 rings (SSSR count). The van der Waals surface area contributed by atoms with E-state index in [-0.39, 0.29) is 11.4 Å². The number of oxime groups is 1. The molecule has 18 heavy (non-hydrogen) atoms. The zero-order valence-corrected chi connectivity index (χ0v) is 11.6. The van der Waals surface area contributed by atoms with Gasteiger partial charge in [-0.05, 0) is 32.9 Å². The second-order valence-electron chi connectivity index (χ2n) is 5.16. The number of rotatable bonds is 5. The molecule has 0 saturated heterocycles. The lowest BCUT2D eigenvalue weighted by Gasteiger charge is -2.35. The molecule has 0 atom stereocenters. The largest absolute Gasteiger partial charge is 0.409 e. The average molecular weight is 249 g/mol. The lowest BCUT2D eigenvalue weighted by Crippen LogP contribution is -2.40. The monoisotopic (exact) mass is 249 g/mol. The van der Waals surface area contributed by atoms with Crippen LogP contribution in [0.25, 0.3) is 0 Å². The molecule has 0 aromatic heterocycles. The lowest BCUT2D eigenvalue weighted by atomic mass is 9.98. The molecule has 1 aromatic rings. The van der Waals surface area contributed by atoms with Crippen LogP contribution in [0.5, 0.6) is 0 Å². The molecule has 0 heterocycles. The minimum absolute atomic E-state index is 0.123. The summed E-state index contributed by atoms with van der Waals surface area (Å²) in [5, 5.41) is 11.9. The van der Waals surface area contributed by atoms with Gasteiger partial charge in [-0.15, -0.1) is 0 Å². The van der Waals surface area contributed by atoms with Crippen LogP contribution in [0.3, 0.4) is 0 Å². The standard InChI is InChI=1S/C14H23N3O/c1-5-14(2,3)17(4)10-11-8-6-7-9-12(11)13(15)16-18/h6-9,18H,5,10H2,1-4H3,(H2,15,16). The van der Waals surface area contributed by atoms with Crippen molar-refractivity contribution in [2.45, 2.75) is 39.3 Å². The van der Waals surface area contributed by atoms with Gasteiger partial charge in [0.2, 0.25) is 0 Å². The number of nitrogens with zero attached hydrogens (tertiary/aromatic N) is 2. The van der Waals surface area contributed by atoms with Crippen molar-refractivity contribution in [1.29, 1.82) is 0 Å². The van der Waals surface area contributed by atoms with Gasteiger partial charge in [-0.2, -0.15) is 0 Å². The van der Waals surface area contributed by atoms with Crippen molar-refractivity contribution in [3.63, 3.8) is 0 Å². The van der Waals surface area contributed by atoms with Crippen LogP contribution in [-0.4, -0.2) is 28.5 Å². The molecule has 1 aromatic carbocycles. The first-order valence-electron chi connectivity index (χ1n) is 6.19. The van der Waals surface area contributed by atoms with Crippen molar-refractivity contribution < 1.29 is 5.21 Å². The third kappa shape index (κ3) is 3.23. The molecular formula is C14H23N3O. The molecule has 0 radical (unpaired) electrons. The van der Waals surface area contributed by atoms with E-state index in [2.05, 4.69) is 37.9 Å². The van der Waals surface area contributed by atoms with Crippen molar-refractivity contribution >= 4 is 5.84 Å². The Hall–Kier alpha value is -1.55. The summed E-state index contributed by atoms with van der Waals surface area (Å²) >= 11 is 0. The van der Waals surface area contributed by atoms with Gasteiger partial charge in [0.05, 0.1) is 0 Å². The van der Waals surface area contributed by atoms with E-state index in [1.165, 1.54) is 0 Å². The van der Waals surface area contributed by atoms with Crippen LogP contribution in [-0.2, 0) is 6.54 Å². The van der Waals surface area contributed by atoms with Gasteiger partial charge in [-0.3, -0.25) is 4.90 Å². The minimum Gasteiger partial charge on any atom is -0.409 e. The normalized spacial score (nSPS) is 13.1. The Labute approximate surface area is 109 Å². The van der Waals surface area contributed by atoms with E-state index in [1.54, 1.807) is 0 Å². The van der Waals surface area contributed by atoms with E-state index in [0.717, 1.165) is 24.1 Å². The van der Waals surface area contributed by atoms with E-state index in [9.17, 15) is 0 Å². The Kier molecular flexibility index (Phi) is 4.73. The van der Waals surface area contributed by atoms with Crippen molar-refractivity contribution in [2.75, 3.05) is 7.05 Å². The molecule has 0 aliphatic carbocycles. The van der Waals surface area contributed by atoms with Crippen LogP contribution in [0.4, 0.5) is 0 Å². The molecule has 3 N–H and O–H groups in total. The van der Waals surface area contributed by atoms with E-state index >= 15 is 0 Å². The fraction of sp³-hybridized carbons (Fsp3) is 0.500. The number of nitrogens with two attached hydrogens (primary N) is 1. The highest BCUT2D eigenvalue weighted by atomic mass is 16.4. The number of hydrogen-bond acceptors (Lipinski definition) is 3.